The van der Waals surface area contributed by atoms with Crippen molar-refractivity contribution in [3.63, 3.8) is 0 Å². The highest BCUT2D eigenvalue weighted by molar-refractivity contribution is 7.92. The highest BCUT2D eigenvalue weighted by Crippen LogP contribution is 2.22. The van der Waals surface area contributed by atoms with Crippen molar-refractivity contribution >= 4 is 33.5 Å². The Kier molecular flexibility index (Phi) is 11.8. The van der Waals surface area contributed by atoms with Gasteiger partial charge in [-0.2, -0.15) is 13.2 Å². The van der Waals surface area contributed by atoms with E-state index in [0.717, 1.165) is 12.8 Å². The van der Waals surface area contributed by atoms with Crippen molar-refractivity contribution in [3.05, 3.63) is 54.1 Å². The number of nitrogens with one attached hydrogen (secondary N) is 2. The molecule has 0 radical (unpaired) electrons. The molecule has 0 saturated carbocycles. The summed E-state index contributed by atoms with van der Waals surface area (Å²) in [5.41, 5.74) is 0.845. The molecule has 1 saturated heterocycles. The molecule has 3 N–H and O–H groups in total. The molecule has 40 heavy (non-hydrogen) atoms. The van der Waals surface area contributed by atoms with Gasteiger partial charge in [-0.3, -0.25) is 14.3 Å². The predicted octanol–water partition coefficient (Wildman–Crippen LogP) is 3.90. The van der Waals surface area contributed by atoms with Gasteiger partial charge in [0.15, 0.2) is 0 Å². The van der Waals surface area contributed by atoms with Crippen LogP contribution in [0.15, 0.2) is 53.4 Å². The lowest BCUT2D eigenvalue weighted by Crippen LogP contribution is -2.43. The molecular formula is C26H32F3N3O7S. The first-order valence-electron chi connectivity index (χ1n) is 12.4. The van der Waals surface area contributed by atoms with Crippen LogP contribution in [0.1, 0.15) is 43.0 Å². The Balaban J connectivity index is 0.000000708. The van der Waals surface area contributed by atoms with E-state index in [0.29, 0.717) is 49.5 Å². The molecule has 220 valence electrons. The number of methoxy groups -OCH3 is 1. The number of carbonyl (C=O) groups excluding carboxylic acids is 2. The highest BCUT2D eigenvalue weighted by atomic mass is 32.2. The second-order valence-electron chi connectivity index (χ2n) is 8.87. The van der Waals surface area contributed by atoms with Gasteiger partial charge in [0.05, 0.1) is 12.0 Å². The van der Waals surface area contributed by atoms with Crippen LogP contribution < -0.4 is 14.8 Å². The molecule has 1 fully saturated rings. The average molecular weight is 588 g/mol. The Bertz CT molecular complexity index is 1240. The maximum absolute atomic E-state index is 12.8. The normalized spacial score (nSPS) is 14.0. The molecule has 0 aliphatic carbocycles. The van der Waals surface area contributed by atoms with E-state index in [4.69, 9.17) is 14.6 Å². The number of aliphatic carboxylic acids is 1. The number of alkyl halides is 3. The number of unbranched alkanes of at least 4 members (excludes halogenated alkanes) is 1. The van der Waals surface area contributed by atoms with Crippen LogP contribution >= 0.6 is 0 Å². The molecule has 2 aromatic rings. The highest BCUT2D eigenvalue weighted by Gasteiger charge is 2.38. The van der Waals surface area contributed by atoms with E-state index in [1.807, 2.05) is 0 Å². The maximum atomic E-state index is 12.8. The fourth-order valence-electron chi connectivity index (χ4n) is 3.71. The number of halogens is 3. The maximum Gasteiger partial charge on any atom is 0.490 e. The SMILES string of the molecule is CCCCNC(=O)C1CCN(C(=O)c2ccc(NS(=O)(=O)c3ccc(OC)cc3)cc2)CC1.O=C(O)C(F)(F)F. The molecule has 0 bridgehead atoms. The number of hydrogen-bond acceptors (Lipinski definition) is 6. The zero-order chi connectivity index (χ0) is 29.9. The van der Waals surface area contributed by atoms with Gasteiger partial charge in [0, 0.05) is 36.8 Å². The van der Waals surface area contributed by atoms with Crippen LogP contribution in [0.5, 0.6) is 5.75 Å². The van der Waals surface area contributed by atoms with Gasteiger partial charge in [-0.1, -0.05) is 13.3 Å². The van der Waals surface area contributed by atoms with E-state index in [2.05, 4.69) is 17.0 Å². The number of ether oxygens (including phenoxy) is 1. The summed E-state index contributed by atoms with van der Waals surface area (Å²) in [4.78, 5) is 35.8. The predicted molar refractivity (Wildman–Crippen MR) is 140 cm³/mol. The lowest BCUT2D eigenvalue weighted by Gasteiger charge is -2.31. The largest absolute Gasteiger partial charge is 0.497 e. The second-order valence-corrected chi connectivity index (χ2v) is 10.6. The van der Waals surface area contributed by atoms with Crippen molar-refractivity contribution in [1.29, 1.82) is 0 Å². The summed E-state index contributed by atoms with van der Waals surface area (Å²) in [6.07, 6.45) is -1.79. The zero-order valence-electron chi connectivity index (χ0n) is 22.0. The van der Waals surface area contributed by atoms with Gasteiger partial charge in [0.1, 0.15) is 5.75 Å². The first kappa shape index (κ1) is 32.4. The second kappa shape index (κ2) is 14.5. The molecule has 2 amide bonds. The van der Waals surface area contributed by atoms with Gasteiger partial charge in [-0.15, -0.1) is 0 Å². The van der Waals surface area contributed by atoms with Gasteiger partial charge in [-0.05, 0) is 67.8 Å². The van der Waals surface area contributed by atoms with Crippen molar-refractivity contribution in [1.82, 2.24) is 10.2 Å². The summed E-state index contributed by atoms with van der Waals surface area (Å²) < 4.78 is 64.5. The van der Waals surface area contributed by atoms with Crippen molar-refractivity contribution in [2.75, 3.05) is 31.5 Å². The number of carboxylic acid groups (broad SMARTS) is 1. The van der Waals surface area contributed by atoms with E-state index in [9.17, 15) is 31.2 Å². The van der Waals surface area contributed by atoms with Crippen molar-refractivity contribution < 1.29 is 45.8 Å². The molecule has 0 spiro atoms. The Hall–Kier alpha value is -3.81. The van der Waals surface area contributed by atoms with Crippen LogP contribution in [0.3, 0.4) is 0 Å². The summed E-state index contributed by atoms with van der Waals surface area (Å²) in [6, 6.07) is 12.4. The molecule has 3 rings (SSSR count). The van der Waals surface area contributed by atoms with Gasteiger partial charge in [0.25, 0.3) is 15.9 Å². The summed E-state index contributed by atoms with van der Waals surface area (Å²) in [5.74, 6) is -2.29. The Morgan fingerprint density at radius 3 is 2.05 bits per heavy atom. The standard InChI is InChI=1S/C24H31N3O5S.C2HF3O2/c1-3-4-15-25-23(28)18-13-16-27(17-14-18)24(29)19-5-7-20(8-6-19)26-33(30,31)22-11-9-21(32-2)10-12-22;3-2(4,5)1(6)7/h5-12,18,26H,3-4,13-17H2,1-2H3,(H,25,28);(H,6,7). The van der Waals surface area contributed by atoms with Gasteiger partial charge in [0.2, 0.25) is 5.91 Å². The number of piperidine rings is 1. The van der Waals surface area contributed by atoms with E-state index in [1.165, 1.54) is 19.2 Å². The summed E-state index contributed by atoms with van der Waals surface area (Å²) in [7, 11) is -2.24. The molecule has 2 aromatic carbocycles. The average Bonchev–Trinajstić information content (AvgIpc) is 2.93. The number of benzene rings is 2. The van der Waals surface area contributed by atoms with E-state index < -0.39 is 22.2 Å². The van der Waals surface area contributed by atoms with Crippen LogP contribution in [0.4, 0.5) is 18.9 Å². The van der Waals surface area contributed by atoms with Crippen LogP contribution in [0.25, 0.3) is 0 Å². The molecule has 10 nitrogen and oxygen atoms in total. The van der Waals surface area contributed by atoms with E-state index in [1.54, 1.807) is 41.3 Å². The fraction of sp³-hybridized carbons (Fsp3) is 0.423. The van der Waals surface area contributed by atoms with Crippen LogP contribution in [-0.4, -0.2) is 69.1 Å². The summed E-state index contributed by atoms with van der Waals surface area (Å²) in [5, 5.41) is 10.1. The first-order valence-corrected chi connectivity index (χ1v) is 13.9. The number of carbonyl (C=O) groups is 3. The third-order valence-corrected chi connectivity index (χ3v) is 7.38. The third-order valence-electron chi connectivity index (χ3n) is 5.98. The van der Waals surface area contributed by atoms with E-state index >= 15 is 0 Å². The number of nitrogens with zero attached hydrogens (tertiary/aromatic N) is 1. The zero-order valence-corrected chi connectivity index (χ0v) is 22.8. The lowest BCUT2D eigenvalue weighted by molar-refractivity contribution is -0.192. The topological polar surface area (TPSA) is 142 Å². The lowest BCUT2D eigenvalue weighted by atomic mass is 9.95. The molecule has 1 aliphatic rings. The minimum absolute atomic E-state index is 0.0550. The van der Waals surface area contributed by atoms with Crippen molar-refractivity contribution in [2.45, 2.75) is 43.7 Å². The summed E-state index contributed by atoms with van der Waals surface area (Å²) >= 11 is 0. The number of carboxylic acids is 1. The van der Waals surface area contributed by atoms with Crippen LogP contribution in [0, 0.1) is 5.92 Å². The Morgan fingerprint density at radius 1 is 1.02 bits per heavy atom. The third kappa shape index (κ3) is 9.74. The number of rotatable bonds is 9. The van der Waals surface area contributed by atoms with Crippen molar-refractivity contribution in [3.8, 4) is 5.75 Å². The smallest absolute Gasteiger partial charge is 0.490 e. The molecule has 0 aromatic heterocycles. The molecule has 0 unspecified atom stereocenters. The van der Waals surface area contributed by atoms with E-state index in [-0.39, 0.29) is 22.6 Å². The van der Waals surface area contributed by atoms with Gasteiger partial charge < -0.3 is 20.1 Å². The molecule has 14 heteroatoms. The minimum Gasteiger partial charge on any atom is -0.497 e. The van der Waals surface area contributed by atoms with Crippen molar-refractivity contribution in [2.24, 2.45) is 5.92 Å². The minimum atomic E-state index is -5.08. The number of hydrogen-bond donors (Lipinski definition) is 3. The number of likely N-dealkylation sites (tertiary alicyclic amines) is 1. The Labute approximate surface area is 230 Å². The number of amides is 2. The fourth-order valence-corrected chi connectivity index (χ4v) is 4.77. The van der Waals surface area contributed by atoms with Crippen LogP contribution in [-0.2, 0) is 19.6 Å². The van der Waals surface area contributed by atoms with Gasteiger partial charge in [-0.25, -0.2) is 13.2 Å². The molecular weight excluding hydrogens is 555 g/mol. The monoisotopic (exact) mass is 587 g/mol. The first-order chi connectivity index (χ1) is 18.8. The molecule has 1 heterocycles. The number of anilines is 1. The quantitative estimate of drug-likeness (QED) is 0.378. The Morgan fingerprint density at radius 2 is 1.57 bits per heavy atom. The van der Waals surface area contributed by atoms with Crippen LogP contribution in [0.2, 0.25) is 0 Å². The molecule has 0 atom stereocenters. The number of sulfonamides is 1. The van der Waals surface area contributed by atoms with Gasteiger partial charge >= 0.3 is 12.1 Å². The molecule has 1 aliphatic heterocycles. The summed E-state index contributed by atoms with van der Waals surface area (Å²) in [6.45, 7) is 3.83.